The first kappa shape index (κ1) is 25.0. The Balaban J connectivity index is 0.00000210. The molecular formula is C20H29Cl2N5O2. The van der Waals surface area contributed by atoms with Crippen molar-refractivity contribution < 1.29 is 9.53 Å². The Bertz CT molecular complexity index is 740. The summed E-state index contributed by atoms with van der Waals surface area (Å²) in [6.45, 7) is 8.12. The van der Waals surface area contributed by atoms with Gasteiger partial charge in [0.05, 0.1) is 12.2 Å². The number of rotatable bonds is 8. The first-order chi connectivity index (χ1) is 13.3. The minimum atomic E-state index is -0.119. The minimum absolute atomic E-state index is 0. The lowest BCUT2D eigenvalue weighted by molar-refractivity contribution is 0.0948. The lowest BCUT2D eigenvalue weighted by atomic mass is 10.2. The van der Waals surface area contributed by atoms with E-state index in [4.69, 9.17) is 4.74 Å². The molecule has 160 valence electrons. The molecular weight excluding hydrogens is 413 g/mol. The lowest BCUT2D eigenvalue weighted by Gasteiger charge is -2.27. The van der Waals surface area contributed by atoms with Crippen LogP contribution in [0.1, 0.15) is 17.3 Å². The van der Waals surface area contributed by atoms with Gasteiger partial charge in [0.25, 0.3) is 5.91 Å². The van der Waals surface area contributed by atoms with Crippen LogP contribution in [-0.4, -0.2) is 61.7 Å². The fourth-order valence-corrected chi connectivity index (χ4v) is 2.98. The van der Waals surface area contributed by atoms with Gasteiger partial charge in [0.2, 0.25) is 0 Å². The Labute approximate surface area is 184 Å². The molecule has 3 N–H and O–H groups in total. The van der Waals surface area contributed by atoms with Crippen LogP contribution < -0.4 is 20.7 Å². The molecule has 1 aromatic heterocycles. The van der Waals surface area contributed by atoms with Crippen molar-refractivity contribution in [1.82, 2.24) is 20.5 Å². The molecule has 1 fully saturated rings. The number of pyridine rings is 1. The largest absolute Gasteiger partial charge is 0.494 e. The van der Waals surface area contributed by atoms with E-state index in [1.54, 1.807) is 18.3 Å². The maximum atomic E-state index is 12.6. The average Bonchev–Trinajstić information content (AvgIpc) is 2.71. The van der Waals surface area contributed by atoms with Crippen molar-refractivity contribution in [3.8, 4) is 5.75 Å². The number of aromatic nitrogens is 1. The Kier molecular flexibility index (Phi) is 11.4. The molecule has 7 nitrogen and oxygen atoms in total. The highest BCUT2D eigenvalue weighted by atomic mass is 35.5. The maximum Gasteiger partial charge on any atom is 0.255 e. The number of hydrogen-bond acceptors (Lipinski definition) is 6. The normalized spacial score (nSPS) is 13.6. The number of nitrogens with one attached hydrogen (secondary N) is 3. The monoisotopic (exact) mass is 441 g/mol. The summed E-state index contributed by atoms with van der Waals surface area (Å²) in [6, 6.07) is 11.2. The van der Waals surface area contributed by atoms with Crippen molar-refractivity contribution in [3.63, 3.8) is 0 Å². The van der Waals surface area contributed by atoms with E-state index < -0.39 is 0 Å². The van der Waals surface area contributed by atoms with E-state index in [0.717, 1.165) is 44.2 Å². The van der Waals surface area contributed by atoms with Crippen molar-refractivity contribution in [2.75, 3.05) is 51.2 Å². The zero-order chi connectivity index (χ0) is 18.9. The third-order valence-corrected chi connectivity index (χ3v) is 4.40. The summed E-state index contributed by atoms with van der Waals surface area (Å²) in [6.07, 6.45) is 1.68. The molecule has 0 atom stereocenters. The van der Waals surface area contributed by atoms with Gasteiger partial charge in [-0.2, -0.15) is 0 Å². The SMILES string of the molecule is CCOc1ccc(Nc2ncccc2C(=O)NCCN2CCNCC2)cc1.Cl.Cl. The maximum absolute atomic E-state index is 12.6. The molecule has 29 heavy (non-hydrogen) atoms. The van der Waals surface area contributed by atoms with Gasteiger partial charge in [0.15, 0.2) is 0 Å². The van der Waals surface area contributed by atoms with E-state index in [9.17, 15) is 4.79 Å². The number of anilines is 2. The number of amides is 1. The molecule has 1 aliphatic heterocycles. The van der Waals surface area contributed by atoms with E-state index in [0.29, 0.717) is 24.5 Å². The molecule has 0 aliphatic carbocycles. The van der Waals surface area contributed by atoms with E-state index >= 15 is 0 Å². The number of carbonyl (C=O) groups is 1. The third kappa shape index (κ3) is 7.70. The van der Waals surface area contributed by atoms with E-state index in [1.165, 1.54) is 0 Å². The number of hydrogen-bond donors (Lipinski definition) is 3. The van der Waals surface area contributed by atoms with Crippen LogP contribution in [0, 0.1) is 0 Å². The third-order valence-electron chi connectivity index (χ3n) is 4.40. The summed E-state index contributed by atoms with van der Waals surface area (Å²) in [7, 11) is 0. The molecule has 1 aliphatic rings. The topological polar surface area (TPSA) is 78.5 Å². The van der Waals surface area contributed by atoms with Gasteiger partial charge in [-0.15, -0.1) is 24.8 Å². The molecule has 1 amide bonds. The molecule has 2 heterocycles. The van der Waals surface area contributed by atoms with Crippen LogP contribution >= 0.6 is 24.8 Å². The van der Waals surface area contributed by atoms with Crippen LogP contribution in [0.4, 0.5) is 11.5 Å². The standard InChI is InChI=1S/C20H27N5O2.2ClH/c1-2-27-17-7-5-16(6-8-17)24-19-18(4-3-9-22-19)20(26)23-12-15-25-13-10-21-11-14-25;;/h3-9,21H,2,10-15H2,1H3,(H,22,24)(H,23,26);2*1H. The van der Waals surface area contributed by atoms with Crippen molar-refractivity contribution in [2.45, 2.75) is 6.92 Å². The Morgan fingerprint density at radius 2 is 1.90 bits per heavy atom. The Morgan fingerprint density at radius 1 is 1.17 bits per heavy atom. The Hall–Kier alpha value is -2.06. The van der Waals surface area contributed by atoms with Gasteiger partial charge in [-0.3, -0.25) is 9.69 Å². The zero-order valence-electron chi connectivity index (χ0n) is 16.5. The number of nitrogens with zero attached hydrogens (tertiary/aromatic N) is 2. The van der Waals surface area contributed by atoms with Gasteiger partial charge < -0.3 is 20.7 Å². The van der Waals surface area contributed by atoms with Crippen LogP contribution in [0.5, 0.6) is 5.75 Å². The quantitative estimate of drug-likeness (QED) is 0.584. The van der Waals surface area contributed by atoms with Crippen molar-refractivity contribution in [3.05, 3.63) is 48.2 Å². The Morgan fingerprint density at radius 3 is 2.59 bits per heavy atom. The minimum Gasteiger partial charge on any atom is -0.494 e. The number of carbonyl (C=O) groups excluding carboxylic acids is 1. The molecule has 0 radical (unpaired) electrons. The first-order valence-corrected chi connectivity index (χ1v) is 9.42. The highest BCUT2D eigenvalue weighted by Crippen LogP contribution is 2.21. The summed E-state index contributed by atoms with van der Waals surface area (Å²) in [5.41, 5.74) is 1.39. The number of ether oxygens (including phenoxy) is 1. The van der Waals surface area contributed by atoms with Gasteiger partial charge in [-0.05, 0) is 43.3 Å². The fourth-order valence-electron chi connectivity index (χ4n) is 2.98. The van der Waals surface area contributed by atoms with Crippen LogP contribution in [-0.2, 0) is 0 Å². The molecule has 0 saturated carbocycles. The fraction of sp³-hybridized carbons (Fsp3) is 0.400. The van der Waals surface area contributed by atoms with Gasteiger partial charge >= 0.3 is 0 Å². The molecule has 9 heteroatoms. The van der Waals surface area contributed by atoms with Gasteiger partial charge in [0, 0.05) is 51.2 Å². The van der Waals surface area contributed by atoms with Crippen LogP contribution in [0.25, 0.3) is 0 Å². The molecule has 0 spiro atoms. The summed E-state index contributed by atoms with van der Waals surface area (Å²) < 4.78 is 5.45. The van der Waals surface area contributed by atoms with Crippen LogP contribution in [0.2, 0.25) is 0 Å². The second-order valence-corrected chi connectivity index (χ2v) is 6.33. The molecule has 0 unspecified atom stereocenters. The molecule has 2 aromatic rings. The number of halogens is 2. The second kappa shape index (κ2) is 13.2. The van der Waals surface area contributed by atoms with Crippen molar-refractivity contribution >= 4 is 42.2 Å². The van der Waals surface area contributed by atoms with Crippen LogP contribution in [0.15, 0.2) is 42.6 Å². The zero-order valence-corrected chi connectivity index (χ0v) is 18.2. The molecule has 0 bridgehead atoms. The lowest BCUT2D eigenvalue weighted by Crippen LogP contribution is -2.46. The van der Waals surface area contributed by atoms with Gasteiger partial charge in [0.1, 0.15) is 11.6 Å². The highest BCUT2D eigenvalue weighted by molar-refractivity contribution is 5.99. The predicted molar refractivity (Wildman–Crippen MR) is 121 cm³/mol. The highest BCUT2D eigenvalue weighted by Gasteiger charge is 2.14. The van der Waals surface area contributed by atoms with E-state index in [2.05, 4.69) is 25.8 Å². The second-order valence-electron chi connectivity index (χ2n) is 6.33. The summed E-state index contributed by atoms with van der Waals surface area (Å²) in [4.78, 5) is 19.3. The van der Waals surface area contributed by atoms with Crippen molar-refractivity contribution in [1.29, 1.82) is 0 Å². The molecule has 1 saturated heterocycles. The molecule has 1 aromatic carbocycles. The number of benzene rings is 1. The molecule has 3 rings (SSSR count). The summed E-state index contributed by atoms with van der Waals surface area (Å²) in [5, 5.41) is 9.54. The van der Waals surface area contributed by atoms with Gasteiger partial charge in [-0.25, -0.2) is 4.98 Å². The first-order valence-electron chi connectivity index (χ1n) is 9.42. The van der Waals surface area contributed by atoms with Gasteiger partial charge in [-0.1, -0.05) is 0 Å². The summed E-state index contributed by atoms with van der Waals surface area (Å²) in [5.74, 6) is 1.24. The average molecular weight is 442 g/mol. The number of piperazine rings is 1. The van der Waals surface area contributed by atoms with Crippen molar-refractivity contribution in [2.24, 2.45) is 0 Å². The van der Waals surface area contributed by atoms with E-state index in [1.807, 2.05) is 31.2 Å². The predicted octanol–water partition coefficient (Wildman–Crippen LogP) is 2.70. The van der Waals surface area contributed by atoms with Crippen LogP contribution in [0.3, 0.4) is 0 Å². The summed E-state index contributed by atoms with van der Waals surface area (Å²) >= 11 is 0. The smallest absolute Gasteiger partial charge is 0.255 e. The van der Waals surface area contributed by atoms with E-state index in [-0.39, 0.29) is 30.7 Å².